The van der Waals surface area contributed by atoms with Crippen LogP contribution in [0.25, 0.3) is 0 Å². The molecule has 1 aliphatic rings. The summed E-state index contributed by atoms with van der Waals surface area (Å²) in [4.78, 5) is 25.5. The van der Waals surface area contributed by atoms with Crippen LogP contribution in [0.5, 0.6) is 0 Å². The summed E-state index contributed by atoms with van der Waals surface area (Å²) in [7, 11) is 0. The first-order chi connectivity index (χ1) is 17.2. The molecule has 3 amide bonds. The fourth-order valence-electron chi connectivity index (χ4n) is 4.86. The van der Waals surface area contributed by atoms with Gasteiger partial charge in [0.1, 0.15) is 0 Å². The Bertz CT molecular complexity index is 1150. The molecule has 2 aromatic carbocycles. The van der Waals surface area contributed by atoms with Gasteiger partial charge in [-0.3, -0.25) is 10.1 Å². The molecule has 1 fully saturated rings. The van der Waals surface area contributed by atoms with Crippen LogP contribution in [0.3, 0.4) is 0 Å². The van der Waals surface area contributed by atoms with E-state index in [0.29, 0.717) is 28.1 Å². The summed E-state index contributed by atoms with van der Waals surface area (Å²) in [5, 5.41) is 22.5. The molecule has 0 radical (unpaired) electrons. The molecule has 4 rings (SSSR count). The summed E-state index contributed by atoms with van der Waals surface area (Å²) in [6.07, 6.45) is 4.29. The van der Waals surface area contributed by atoms with Crippen molar-refractivity contribution in [2.75, 3.05) is 10.6 Å². The molecule has 1 saturated carbocycles. The Balaban J connectivity index is 1.49. The normalized spacial score (nSPS) is 18.8. The van der Waals surface area contributed by atoms with Crippen LogP contribution in [0.2, 0.25) is 5.02 Å². The van der Waals surface area contributed by atoms with Gasteiger partial charge in [0, 0.05) is 16.3 Å². The second-order valence-corrected chi connectivity index (χ2v) is 10.8. The molecule has 0 saturated heterocycles. The number of tetrazole rings is 1. The average Bonchev–Trinajstić information content (AvgIpc) is 3.37. The molecular formula is C26H32ClN7O2. The summed E-state index contributed by atoms with van der Waals surface area (Å²) in [5.41, 5.74) is 2.36. The molecule has 0 spiro atoms. The molecule has 4 N–H and O–H groups in total. The Hall–Kier alpha value is -3.46. The lowest BCUT2D eigenvalue weighted by molar-refractivity contribution is 0.102. The zero-order chi connectivity index (χ0) is 25.7. The van der Waals surface area contributed by atoms with Crippen molar-refractivity contribution in [3.8, 4) is 0 Å². The predicted octanol–water partition coefficient (Wildman–Crippen LogP) is 5.82. The molecular weight excluding hydrogens is 478 g/mol. The number of anilines is 2. The minimum atomic E-state index is -0.335. The van der Waals surface area contributed by atoms with Gasteiger partial charge in [0.15, 0.2) is 0 Å². The zero-order valence-electron chi connectivity index (χ0n) is 20.7. The van der Waals surface area contributed by atoms with Crippen LogP contribution in [0.4, 0.5) is 16.4 Å². The van der Waals surface area contributed by atoms with E-state index in [2.05, 4.69) is 57.3 Å². The van der Waals surface area contributed by atoms with Gasteiger partial charge in [-0.15, -0.1) is 5.10 Å². The van der Waals surface area contributed by atoms with Crippen LogP contribution in [0.1, 0.15) is 68.4 Å². The van der Waals surface area contributed by atoms with E-state index in [4.69, 9.17) is 11.6 Å². The van der Waals surface area contributed by atoms with Gasteiger partial charge >= 0.3 is 6.03 Å². The number of aromatic amines is 1. The fraction of sp³-hybridized carbons (Fsp3) is 0.423. The number of benzene rings is 2. The third kappa shape index (κ3) is 6.60. The van der Waals surface area contributed by atoms with Gasteiger partial charge in [-0.2, -0.15) is 5.21 Å². The number of amides is 3. The van der Waals surface area contributed by atoms with Crippen molar-refractivity contribution in [2.24, 2.45) is 17.3 Å². The Morgan fingerprint density at radius 2 is 1.64 bits per heavy atom. The summed E-state index contributed by atoms with van der Waals surface area (Å²) >= 11 is 5.96. The number of carbonyl (C=O) groups is 2. The molecule has 1 aromatic heterocycles. The number of hydrogen-bond acceptors (Lipinski definition) is 5. The number of halogens is 1. The number of carbonyl (C=O) groups excluding carboxylic acids is 2. The lowest BCUT2D eigenvalue weighted by Gasteiger charge is -2.39. The molecule has 1 atom stereocenters. The quantitative estimate of drug-likeness (QED) is 0.333. The molecule has 1 heterocycles. The van der Waals surface area contributed by atoms with Crippen LogP contribution < -0.4 is 16.0 Å². The van der Waals surface area contributed by atoms with Crippen molar-refractivity contribution >= 4 is 35.2 Å². The number of urea groups is 1. The number of hydrogen-bond donors (Lipinski definition) is 4. The number of rotatable bonds is 6. The molecule has 10 heteroatoms. The summed E-state index contributed by atoms with van der Waals surface area (Å²) < 4.78 is 0. The van der Waals surface area contributed by atoms with Crippen molar-refractivity contribution < 1.29 is 9.59 Å². The first-order valence-corrected chi connectivity index (χ1v) is 12.5. The Morgan fingerprint density at radius 3 is 2.22 bits per heavy atom. The Morgan fingerprint density at radius 1 is 0.972 bits per heavy atom. The van der Waals surface area contributed by atoms with Gasteiger partial charge in [-0.05, 0) is 90.1 Å². The standard InChI is InChI=1S/C26H32ClN7O2/c1-26(2,3)19-10-8-17(9-11-19)22(29-25(36)28-21-14-12-20(27)13-15-21)16-4-6-18(7-5-16)23(35)30-24-31-33-34-32-24/h4-7,12-15,17,19,22H,8-11H2,1-3H3,(H2,28,29,36)(H2,30,31,32,33,34,35). The molecule has 1 aliphatic carbocycles. The first kappa shape index (κ1) is 25.6. The number of nitrogens with zero attached hydrogens (tertiary/aromatic N) is 3. The van der Waals surface area contributed by atoms with E-state index in [1.165, 1.54) is 0 Å². The Kier molecular flexibility index (Phi) is 7.88. The highest BCUT2D eigenvalue weighted by Gasteiger charge is 2.34. The van der Waals surface area contributed by atoms with E-state index in [1.54, 1.807) is 36.4 Å². The molecule has 190 valence electrons. The van der Waals surface area contributed by atoms with Gasteiger partial charge < -0.3 is 10.6 Å². The lowest BCUT2D eigenvalue weighted by atomic mass is 9.68. The van der Waals surface area contributed by atoms with Gasteiger partial charge in [0.25, 0.3) is 11.9 Å². The maximum absolute atomic E-state index is 13.0. The minimum Gasteiger partial charge on any atom is -0.331 e. The van der Waals surface area contributed by atoms with Gasteiger partial charge in [0.05, 0.1) is 6.04 Å². The predicted molar refractivity (Wildman–Crippen MR) is 140 cm³/mol. The van der Waals surface area contributed by atoms with E-state index in [-0.39, 0.29) is 29.3 Å². The highest BCUT2D eigenvalue weighted by Crippen LogP contribution is 2.43. The minimum absolute atomic E-state index is 0.109. The summed E-state index contributed by atoms with van der Waals surface area (Å²) in [6, 6.07) is 13.8. The highest BCUT2D eigenvalue weighted by molar-refractivity contribution is 6.30. The van der Waals surface area contributed by atoms with Gasteiger partial charge in [0.2, 0.25) is 0 Å². The maximum Gasteiger partial charge on any atom is 0.319 e. The second kappa shape index (κ2) is 11.1. The highest BCUT2D eigenvalue weighted by atomic mass is 35.5. The van der Waals surface area contributed by atoms with E-state index < -0.39 is 0 Å². The summed E-state index contributed by atoms with van der Waals surface area (Å²) in [6.45, 7) is 6.89. The molecule has 36 heavy (non-hydrogen) atoms. The van der Waals surface area contributed by atoms with Crippen LogP contribution in [-0.4, -0.2) is 32.6 Å². The largest absolute Gasteiger partial charge is 0.331 e. The van der Waals surface area contributed by atoms with Crippen molar-refractivity contribution in [1.82, 2.24) is 25.9 Å². The van der Waals surface area contributed by atoms with Crippen LogP contribution >= 0.6 is 11.6 Å². The monoisotopic (exact) mass is 509 g/mol. The van der Waals surface area contributed by atoms with Crippen molar-refractivity contribution in [3.63, 3.8) is 0 Å². The average molecular weight is 510 g/mol. The van der Waals surface area contributed by atoms with Crippen molar-refractivity contribution in [1.29, 1.82) is 0 Å². The Labute approximate surface area is 215 Å². The fourth-order valence-corrected chi connectivity index (χ4v) is 4.99. The van der Waals surface area contributed by atoms with E-state index >= 15 is 0 Å². The van der Waals surface area contributed by atoms with Crippen LogP contribution in [-0.2, 0) is 0 Å². The van der Waals surface area contributed by atoms with Crippen LogP contribution in [0, 0.1) is 17.3 Å². The third-order valence-electron chi connectivity index (χ3n) is 6.96. The maximum atomic E-state index is 13.0. The third-order valence-corrected chi connectivity index (χ3v) is 7.21. The molecule has 0 bridgehead atoms. The molecule has 3 aromatic rings. The molecule has 9 nitrogen and oxygen atoms in total. The number of nitrogens with one attached hydrogen (secondary N) is 4. The lowest BCUT2D eigenvalue weighted by Crippen LogP contribution is -2.38. The van der Waals surface area contributed by atoms with Gasteiger partial charge in [-0.1, -0.05) is 49.6 Å². The zero-order valence-corrected chi connectivity index (χ0v) is 21.5. The SMILES string of the molecule is CC(C)(C)C1CCC(C(NC(=O)Nc2ccc(Cl)cc2)c2ccc(C(=O)Nc3nn[nH]n3)cc2)CC1. The van der Waals surface area contributed by atoms with Gasteiger partial charge in [-0.25, -0.2) is 4.79 Å². The van der Waals surface area contributed by atoms with E-state index in [9.17, 15) is 9.59 Å². The van der Waals surface area contributed by atoms with E-state index in [1.807, 2.05) is 12.1 Å². The first-order valence-electron chi connectivity index (χ1n) is 12.2. The summed E-state index contributed by atoms with van der Waals surface area (Å²) in [5.74, 6) is 0.726. The number of H-pyrrole nitrogens is 1. The molecule has 0 aliphatic heterocycles. The van der Waals surface area contributed by atoms with Crippen molar-refractivity contribution in [2.45, 2.75) is 52.5 Å². The van der Waals surface area contributed by atoms with E-state index in [0.717, 1.165) is 31.2 Å². The van der Waals surface area contributed by atoms with Crippen molar-refractivity contribution in [3.05, 3.63) is 64.7 Å². The second-order valence-electron chi connectivity index (χ2n) is 10.4. The topological polar surface area (TPSA) is 125 Å². The number of aromatic nitrogens is 4. The van der Waals surface area contributed by atoms with Crippen LogP contribution in [0.15, 0.2) is 48.5 Å². The molecule has 1 unspecified atom stereocenters. The smallest absolute Gasteiger partial charge is 0.319 e.